The Morgan fingerprint density at radius 2 is 1.79 bits per heavy atom. The smallest absolute Gasteiger partial charge is 0.137 e. The van der Waals surface area contributed by atoms with E-state index in [2.05, 4.69) is 18.9 Å². The first kappa shape index (κ1) is 15.0. The van der Waals surface area contributed by atoms with Crippen molar-refractivity contribution < 1.29 is 4.79 Å². The van der Waals surface area contributed by atoms with Gasteiger partial charge in [-0.15, -0.1) is 0 Å². The maximum atomic E-state index is 12.1. The molecule has 0 amide bonds. The highest BCUT2D eigenvalue weighted by atomic mass is 16.1. The van der Waals surface area contributed by atoms with Gasteiger partial charge in [-0.2, -0.15) is 0 Å². The summed E-state index contributed by atoms with van der Waals surface area (Å²) >= 11 is 0. The summed E-state index contributed by atoms with van der Waals surface area (Å²) in [5.74, 6) is 1.83. The summed E-state index contributed by atoms with van der Waals surface area (Å²) < 4.78 is 0. The molecule has 2 nitrogen and oxygen atoms in total. The second-order valence-corrected chi connectivity index (χ2v) is 6.78. The fourth-order valence-electron chi connectivity index (χ4n) is 3.92. The summed E-state index contributed by atoms with van der Waals surface area (Å²) in [5.41, 5.74) is 0. The minimum absolute atomic E-state index is 0.330. The van der Waals surface area contributed by atoms with E-state index < -0.39 is 0 Å². The van der Waals surface area contributed by atoms with Gasteiger partial charge in [-0.1, -0.05) is 26.2 Å². The van der Waals surface area contributed by atoms with Crippen LogP contribution < -0.4 is 0 Å². The van der Waals surface area contributed by atoms with E-state index in [0.717, 1.165) is 37.8 Å². The zero-order chi connectivity index (χ0) is 13.7. The summed E-state index contributed by atoms with van der Waals surface area (Å²) in [7, 11) is 2.25. The number of hydrogen-bond acceptors (Lipinski definition) is 2. The average molecular weight is 265 g/mol. The highest BCUT2D eigenvalue weighted by molar-refractivity contribution is 5.81. The van der Waals surface area contributed by atoms with Crippen LogP contribution >= 0.6 is 0 Å². The van der Waals surface area contributed by atoms with Crippen LogP contribution in [-0.4, -0.2) is 30.3 Å². The van der Waals surface area contributed by atoms with Crippen molar-refractivity contribution in [3.63, 3.8) is 0 Å². The third-order valence-electron chi connectivity index (χ3n) is 5.46. The molecule has 0 aromatic carbocycles. The van der Waals surface area contributed by atoms with Gasteiger partial charge in [0.2, 0.25) is 0 Å². The second kappa shape index (κ2) is 7.42. The number of Topliss-reactive ketones (excluding diaryl/α,β-unsaturated/α-hetero) is 1. The first-order chi connectivity index (χ1) is 9.20. The van der Waals surface area contributed by atoms with Gasteiger partial charge in [0, 0.05) is 24.9 Å². The lowest BCUT2D eigenvalue weighted by atomic mass is 9.83. The van der Waals surface area contributed by atoms with E-state index in [4.69, 9.17) is 0 Å². The Bertz CT molecular complexity index is 281. The van der Waals surface area contributed by atoms with Crippen molar-refractivity contribution in [1.82, 2.24) is 4.90 Å². The molecule has 0 N–H and O–H groups in total. The van der Waals surface area contributed by atoms with Crippen molar-refractivity contribution in [1.29, 1.82) is 0 Å². The Morgan fingerprint density at radius 3 is 2.47 bits per heavy atom. The zero-order valence-electron chi connectivity index (χ0n) is 12.9. The molecule has 2 saturated carbocycles. The molecule has 1 unspecified atom stereocenters. The van der Waals surface area contributed by atoms with E-state index in [9.17, 15) is 4.79 Å². The van der Waals surface area contributed by atoms with Gasteiger partial charge in [-0.25, -0.2) is 0 Å². The first-order valence-electron chi connectivity index (χ1n) is 8.43. The van der Waals surface area contributed by atoms with E-state index in [1.807, 2.05) is 0 Å². The second-order valence-electron chi connectivity index (χ2n) is 6.78. The van der Waals surface area contributed by atoms with Gasteiger partial charge in [0.1, 0.15) is 5.78 Å². The van der Waals surface area contributed by atoms with Crippen molar-refractivity contribution in [2.45, 2.75) is 77.2 Å². The summed E-state index contributed by atoms with van der Waals surface area (Å²) in [6, 6.07) is 0.735. The molecule has 0 bridgehead atoms. The summed E-state index contributed by atoms with van der Waals surface area (Å²) in [6.45, 7) is 3.33. The van der Waals surface area contributed by atoms with E-state index in [1.165, 1.54) is 44.9 Å². The molecule has 110 valence electrons. The summed E-state index contributed by atoms with van der Waals surface area (Å²) in [6.07, 6.45) is 12.4. The third kappa shape index (κ3) is 4.30. The maximum Gasteiger partial charge on any atom is 0.137 e. The molecular formula is C17H31NO. The molecule has 0 aliphatic heterocycles. The molecule has 0 saturated heterocycles. The van der Waals surface area contributed by atoms with Gasteiger partial charge in [-0.3, -0.25) is 4.79 Å². The molecule has 0 heterocycles. The van der Waals surface area contributed by atoms with Crippen molar-refractivity contribution >= 4 is 5.78 Å². The van der Waals surface area contributed by atoms with Gasteiger partial charge in [0.05, 0.1) is 0 Å². The number of ketones is 1. The quantitative estimate of drug-likeness (QED) is 0.715. The number of hydrogen-bond donors (Lipinski definition) is 0. The molecule has 2 heteroatoms. The van der Waals surface area contributed by atoms with Crippen molar-refractivity contribution in [3.05, 3.63) is 0 Å². The van der Waals surface area contributed by atoms with Gasteiger partial charge < -0.3 is 4.90 Å². The molecule has 2 fully saturated rings. The SMILES string of the molecule is CCC1CCC(N(C)CC2CCCCCC2=O)CC1. The molecular weight excluding hydrogens is 234 g/mol. The van der Waals surface area contributed by atoms with Crippen LogP contribution in [0.1, 0.15) is 71.1 Å². The lowest BCUT2D eigenvalue weighted by Gasteiger charge is -2.35. The van der Waals surface area contributed by atoms with Crippen molar-refractivity contribution in [2.24, 2.45) is 11.8 Å². The molecule has 19 heavy (non-hydrogen) atoms. The number of nitrogens with zero attached hydrogens (tertiary/aromatic N) is 1. The number of rotatable bonds is 4. The predicted octanol–water partition coefficient (Wildman–Crippen LogP) is 4.04. The predicted molar refractivity (Wildman–Crippen MR) is 80.2 cm³/mol. The van der Waals surface area contributed by atoms with Crippen molar-refractivity contribution in [2.75, 3.05) is 13.6 Å². The Balaban J connectivity index is 1.79. The van der Waals surface area contributed by atoms with Gasteiger partial charge >= 0.3 is 0 Å². The topological polar surface area (TPSA) is 20.3 Å². The van der Waals surface area contributed by atoms with Gasteiger partial charge in [0.25, 0.3) is 0 Å². The average Bonchev–Trinajstić information content (AvgIpc) is 2.64. The number of carbonyl (C=O) groups excluding carboxylic acids is 1. The lowest BCUT2D eigenvalue weighted by molar-refractivity contribution is -0.123. The lowest BCUT2D eigenvalue weighted by Crippen LogP contribution is -2.39. The standard InChI is InChI=1S/C17H31NO/c1-3-14-9-11-16(12-10-14)18(2)13-15-7-5-4-6-8-17(15)19/h14-16H,3-13H2,1-2H3. The Kier molecular flexibility index (Phi) is 5.87. The molecule has 2 rings (SSSR count). The molecule has 0 spiro atoms. The largest absolute Gasteiger partial charge is 0.303 e. The highest BCUT2D eigenvalue weighted by Gasteiger charge is 2.27. The summed E-state index contributed by atoms with van der Waals surface area (Å²) in [4.78, 5) is 14.6. The highest BCUT2D eigenvalue weighted by Crippen LogP contribution is 2.30. The Labute approximate surface area is 118 Å². The normalized spacial score (nSPS) is 33.4. The van der Waals surface area contributed by atoms with Crippen LogP contribution in [0.2, 0.25) is 0 Å². The van der Waals surface area contributed by atoms with Crippen LogP contribution in [0.15, 0.2) is 0 Å². The van der Waals surface area contributed by atoms with Crippen LogP contribution in [0, 0.1) is 11.8 Å². The monoisotopic (exact) mass is 265 g/mol. The molecule has 1 atom stereocenters. The van der Waals surface area contributed by atoms with Crippen molar-refractivity contribution in [3.8, 4) is 0 Å². The molecule has 2 aliphatic rings. The van der Waals surface area contributed by atoms with Crippen LogP contribution in [0.4, 0.5) is 0 Å². The van der Waals surface area contributed by atoms with E-state index in [-0.39, 0.29) is 0 Å². The molecule has 0 aromatic rings. The van der Waals surface area contributed by atoms with Crippen LogP contribution in [0.5, 0.6) is 0 Å². The van der Waals surface area contributed by atoms with Crippen LogP contribution in [0.25, 0.3) is 0 Å². The number of carbonyl (C=O) groups is 1. The van der Waals surface area contributed by atoms with Gasteiger partial charge in [-0.05, 0) is 51.5 Å². The third-order valence-corrected chi connectivity index (χ3v) is 5.46. The molecule has 2 aliphatic carbocycles. The van der Waals surface area contributed by atoms with E-state index >= 15 is 0 Å². The fourth-order valence-corrected chi connectivity index (χ4v) is 3.92. The maximum absolute atomic E-state index is 12.1. The van der Waals surface area contributed by atoms with Crippen LogP contribution in [-0.2, 0) is 4.79 Å². The molecule has 0 aromatic heterocycles. The minimum atomic E-state index is 0.330. The first-order valence-corrected chi connectivity index (χ1v) is 8.43. The zero-order valence-corrected chi connectivity index (χ0v) is 12.9. The van der Waals surface area contributed by atoms with Crippen LogP contribution in [0.3, 0.4) is 0 Å². The molecule has 0 radical (unpaired) electrons. The fraction of sp³-hybridized carbons (Fsp3) is 0.941. The minimum Gasteiger partial charge on any atom is -0.303 e. The van der Waals surface area contributed by atoms with E-state index in [1.54, 1.807) is 0 Å². The Hall–Kier alpha value is -0.370. The Morgan fingerprint density at radius 1 is 1.05 bits per heavy atom. The van der Waals surface area contributed by atoms with Gasteiger partial charge in [0.15, 0.2) is 0 Å². The summed E-state index contributed by atoms with van der Waals surface area (Å²) in [5, 5.41) is 0. The van der Waals surface area contributed by atoms with E-state index in [0.29, 0.717) is 11.7 Å².